The van der Waals surface area contributed by atoms with Gasteiger partial charge in [-0.3, -0.25) is 14.5 Å². The van der Waals surface area contributed by atoms with Crippen molar-refractivity contribution in [3.8, 4) is 5.75 Å². The Labute approximate surface area is 177 Å². The van der Waals surface area contributed by atoms with Crippen LogP contribution in [0.4, 0.5) is 0 Å². The monoisotopic (exact) mass is 413 g/mol. The zero-order chi connectivity index (χ0) is 21.8. The topological polar surface area (TPSA) is 67.9 Å². The van der Waals surface area contributed by atoms with Crippen molar-refractivity contribution < 1.29 is 13.9 Å². The van der Waals surface area contributed by atoms with E-state index in [1.807, 2.05) is 19.9 Å². The van der Waals surface area contributed by atoms with E-state index in [2.05, 4.69) is 17.9 Å². The molecule has 7 heteroatoms. The second-order valence-corrected chi connectivity index (χ2v) is 7.79. The molecule has 0 unspecified atom stereocenters. The molecule has 0 saturated heterocycles. The second kappa shape index (κ2) is 9.34. The fraction of sp³-hybridized carbons (Fsp3) is 0.478. The van der Waals surface area contributed by atoms with Gasteiger partial charge in [0.25, 0.3) is 11.5 Å². The number of carbonyl (C=O) groups is 1. The number of methoxy groups -OCH3 is 1. The third-order valence-corrected chi connectivity index (χ3v) is 5.94. The molecule has 3 rings (SSSR count). The van der Waals surface area contributed by atoms with Crippen molar-refractivity contribution in [3.05, 3.63) is 63.5 Å². The number of rotatable bonds is 6. The normalized spacial score (nSPS) is 16.0. The summed E-state index contributed by atoms with van der Waals surface area (Å²) >= 11 is 0. The number of hydrogen-bond acceptors (Lipinski definition) is 5. The summed E-state index contributed by atoms with van der Waals surface area (Å²) in [5.41, 5.74) is 2.35. The molecule has 1 aliphatic heterocycles. The van der Waals surface area contributed by atoms with Crippen molar-refractivity contribution in [1.29, 1.82) is 0 Å². The van der Waals surface area contributed by atoms with E-state index < -0.39 is 0 Å². The Morgan fingerprint density at radius 3 is 2.77 bits per heavy atom. The van der Waals surface area contributed by atoms with E-state index in [1.54, 1.807) is 28.8 Å². The molecule has 0 aromatic carbocycles. The third kappa shape index (κ3) is 4.36. The Hall–Kier alpha value is -2.80. The second-order valence-electron chi connectivity index (χ2n) is 7.79. The molecule has 3 heterocycles. The highest BCUT2D eigenvalue weighted by molar-refractivity contribution is 5.98. The zero-order valence-corrected chi connectivity index (χ0v) is 18.5. The largest absolute Gasteiger partial charge is 0.496 e. The van der Waals surface area contributed by atoms with Gasteiger partial charge in [0.2, 0.25) is 0 Å². The lowest BCUT2D eigenvalue weighted by atomic mass is 10.1. The van der Waals surface area contributed by atoms with Gasteiger partial charge in [0.15, 0.2) is 0 Å². The van der Waals surface area contributed by atoms with Crippen LogP contribution in [0.15, 0.2) is 45.3 Å². The smallest absolute Gasteiger partial charge is 0.259 e. The van der Waals surface area contributed by atoms with Gasteiger partial charge in [-0.1, -0.05) is 11.6 Å². The highest BCUT2D eigenvalue weighted by Crippen LogP contribution is 2.28. The number of aromatic nitrogens is 1. The van der Waals surface area contributed by atoms with Gasteiger partial charge in [-0.05, 0) is 32.9 Å². The molecule has 162 valence electrons. The Morgan fingerprint density at radius 2 is 2.13 bits per heavy atom. The Bertz CT molecular complexity index is 975. The maximum absolute atomic E-state index is 13.5. The van der Waals surface area contributed by atoms with Crippen LogP contribution in [0.25, 0.3) is 0 Å². The van der Waals surface area contributed by atoms with Gasteiger partial charge in [0.1, 0.15) is 17.1 Å². The van der Waals surface area contributed by atoms with E-state index in [0.717, 1.165) is 25.3 Å². The highest BCUT2D eigenvalue weighted by Gasteiger charge is 2.29. The van der Waals surface area contributed by atoms with Crippen LogP contribution < -0.4 is 10.3 Å². The SMILES string of the molecule is C/C=C(\C)CN1CCc2c(C(=O)N(C)[C@H](C)c3ccco3)c(OC)cc(=O)n2CC1. The molecule has 30 heavy (non-hydrogen) atoms. The fourth-order valence-corrected chi connectivity index (χ4v) is 3.86. The molecule has 0 fully saturated rings. The predicted octanol–water partition coefficient (Wildman–Crippen LogP) is 3.11. The lowest BCUT2D eigenvalue weighted by molar-refractivity contribution is 0.0720. The van der Waals surface area contributed by atoms with Crippen LogP contribution >= 0.6 is 0 Å². The molecule has 1 amide bonds. The summed E-state index contributed by atoms with van der Waals surface area (Å²) in [6, 6.07) is 4.84. The summed E-state index contributed by atoms with van der Waals surface area (Å²) < 4.78 is 12.7. The molecule has 0 spiro atoms. The lowest BCUT2D eigenvalue weighted by Gasteiger charge is -2.26. The van der Waals surface area contributed by atoms with E-state index in [0.29, 0.717) is 30.0 Å². The fourth-order valence-electron chi connectivity index (χ4n) is 3.86. The number of pyridine rings is 1. The Kier molecular flexibility index (Phi) is 6.82. The van der Waals surface area contributed by atoms with Crippen LogP contribution in [0.2, 0.25) is 0 Å². The third-order valence-electron chi connectivity index (χ3n) is 5.94. The van der Waals surface area contributed by atoms with Crippen LogP contribution in [0.5, 0.6) is 5.75 Å². The number of furan rings is 1. The van der Waals surface area contributed by atoms with Crippen LogP contribution in [0, 0.1) is 0 Å². The highest BCUT2D eigenvalue weighted by atomic mass is 16.5. The van der Waals surface area contributed by atoms with Gasteiger partial charge in [-0.25, -0.2) is 0 Å². The number of fused-ring (bicyclic) bond motifs is 1. The predicted molar refractivity (Wildman–Crippen MR) is 116 cm³/mol. The molecule has 1 aliphatic rings. The summed E-state index contributed by atoms with van der Waals surface area (Å²) in [5.74, 6) is 0.849. The number of allylic oxidation sites excluding steroid dienone is 1. The van der Waals surface area contributed by atoms with Crippen molar-refractivity contribution in [2.24, 2.45) is 0 Å². The average molecular weight is 414 g/mol. The van der Waals surface area contributed by atoms with Crippen molar-refractivity contribution in [1.82, 2.24) is 14.4 Å². The molecule has 1 atom stereocenters. The van der Waals surface area contributed by atoms with E-state index in [9.17, 15) is 9.59 Å². The molecular weight excluding hydrogens is 382 g/mol. The number of amides is 1. The van der Waals surface area contributed by atoms with E-state index in [-0.39, 0.29) is 17.5 Å². The van der Waals surface area contributed by atoms with E-state index in [4.69, 9.17) is 9.15 Å². The minimum atomic E-state index is -0.246. The van der Waals surface area contributed by atoms with Crippen LogP contribution in [-0.2, 0) is 13.0 Å². The molecule has 0 radical (unpaired) electrons. The summed E-state index contributed by atoms with van der Waals surface area (Å²) in [6.45, 7) is 8.99. The zero-order valence-electron chi connectivity index (χ0n) is 18.5. The summed E-state index contributed by atoms with van der Waals surface area (Å²) in [4.78, 5) is 30.2. The molecule has 2 aromatic rings. The lowest BCUT2D eigenvalue weighted by Crippen LogP contribution is -2.34. The van der Waals surface area contributed by atoms with Crippen LogP contribution in [-0.4, -0.2) is 54.1 Å². The van der Waals surface area contributed by atoms with Gasteiger partial charge in [-0.15, -0.1) is 0 Å². The van der Waals surface area contributed by atoms with Crippen LogP contribution in [0.1, 0.15) is 48.6 Å². The summed E-state index contributed by atoms with van der Waals surface area (Å²) in [7, 11) is 3.24. The number of hydrogen-bond donors (Lipinski definition) is 0. The number of nitrogens with zero attached hydrogens (tertiary/aromatic N) is 3. The first kappa shape index (κ1) is 21.9. The average Bonchev–Trinajstić information content (AvgIpc) is 3.21. The van der Waals surface area contributed by atoms with E-state index in [1.165, 1.54) is 18.7 Å². The van der Waals surface area contributed by atoms with Crippen molar-refractivity contribution in [3.63, 3.8) is 0 Å². The van der Waals surface area contributed by atoms with Crippen LogP contribution in [0.3, 0.4) is 0 Å². The first-order valence-electron chi connectivity index (χ1n) is 10.3. The van der Waals surface area contributed by atoms with Gasteiger partial charge < -0.3 is 18.6 Å². The molecular formula is C23H31N3O4. The first-order valence-corrected chi connectivity index (χ1v) is 10.3. The first-order chi connectivity index (χ1) is 14.4. The molecule has 0 bridgehead atoms. The molecule has 2 aromatic heterocycles. The number of ether oxygens (including phenoxy) is 1. The molecule has 7 nitrogen and oxygen atoms in total. The maximum atomic E-state index is 13.5. The molecule has 0 aliphatic carbocycles. The van der Waals surface area contributed by atoms with Crippen molar-refractivity contribution in [2.45, 2.75) is 39.8 Å². The molecule has 0 saturated carbocycles. The number of carbonyl (C=O) groups excluding carboxylic acids is 1. The minimum absolute atomic E-state index is 0.134. The minimum Gasteiger partial charge on any atom is -0.496 e. The Morgan fingerprint density at radius 1 is 1.37 bits per heavy atom. The van der Waals surface area contributed by atoms with Gasteiger partial charge >= 0.3 is 0 Å². The quantitative estimate of drug-likeness (QED) is 0.681. The van der Waals surface area contributed by atoms with Gasteiger partial charge in [0.05, 0.1) is 19.4 Å². The van der Waals surface area contributed by atoms with E-state index >= 15 is 0 Å². The standard InChI is InChI=1S/C23H31N3O4/c1-6-16(2)15-25-10-9-18-22(20(29-5)14-21(27)26(18)12-11-25)23(28)24(4)17(3)19-8-7-13-30-19/h6-8,13-14,17H,9-12,15H2,1-5H3/b16-6+/t17-/m1/s1. The van der Waals surface area contributed by atoms with Gasteiger partial charge in [-0.2, -0.15) is 0 Å². The molecule has 0 N–H and O–H groups in total. The van der Waals surface area contributed by atoms with Crippen molar-refractivity contribution in [2.75, 3.05) is 33.8 Å². The summed E-state index contributed by atoms with van der Waals surface area (Å²) in [6.07, 6.45) is 4.31. The summed E-state index contributed by atoms with van der Waals surface area (Å²) in [5, 5.41) is 0. The van der Waals surface area contributed by atoms with Crippen molar-refractivity contribution >= 4 is 5.91 Å². The maximum Gasteiger partial charge on any atom is 0.259 e. The Balaban J connectivity index is 1.98. The van der Waals surface area contributed by atoms with Gasteiger partial charge in [0, 0.05) is 51.4 Å².